The highest BCUT2D eigenvalue weighted by molar-refractivity contribution is 5.81. The van der Waals surface area contributed by atoms with E-state index in [-0.39, 0.29) is 30.0 Å². The predicted molar refractivity (Wildman–Crippen MR) is 106 cm³/mol. The summed E-state index contributed by atoms with van der Waals surface area (Å²) in [6.45, 7) is 5.70. The van der Waals surface area contributed by atoms with E-state index in [2.05, 4.69) is 15.5 Å². The van der Waals surface area contributed by atoms with Crippen LogP contribution >= 0.6 is 0 Å². The molecule has 1 atom stereocenters. The van der Waals surface area contributed by atoms with Crippen LogP contribution in [-0.4, -0.2) is 32.6 Å². The highest BCUT2D eigenvalue weighted by Crippen LogP contribution is 2.20. The molecule has 0 aliphatic heterocycles. The monoisotopic (exact) mass is 383 g/mol. The molecule has 2 aromatic heterocycles. The molecule has 0 saturated carbocycles. The summed E-state index contributed by atoms with van der Waals surface area (Å²) in [4.78, 5) is 25.4. The first-order valence-corrected chi connectivity index (χ1v) is 9.17. The molecular formula is C20H25N5O3. The molecule has 0 saturated heterocycles. The maximum Gasteiger partial charge on any atom is 0.278 e. The Morgan fingerprint density at radius 3 is 2.50 bits per heavy atom. The van der Waals surface area contributed by atoms with Gasteiger partial charge in [-0.05, 0) is 30.5 Å². The number of rotatable bonds is 6. The lowest BCUT2D eigenvalue weighted by atomic mass is 10.1. The highest BCUT2D eigenvalue weighted by atomic mass is 16.5. The summed E-state index contributed by atoms with van der Waals surface area (Å²) >= 11 is 0. The minimum atomic E-state index is -0.304. The van der Waals surface area contributed by atoms with Crippen LogP contribution in [0.5, 0.6) is 5.75 Å². The van der Waals surface area contributed by atoms with Crippen molar-refractivity contribution < 1.29 is 9.53 Å². The van der Waals surface area contributed by atoms with Crippen molar-refractivity contribution in [1.82, 2.24) is 24.9 Å². The van der Waals surface area contributed by atoms with Gasteiger partial charge < -0.3 is 10.1 Å². The molecule has 0 radical (unpaired) electrons. The van der Waals surface area contributed by atoms with Gasteiger partial charge in [-0.3, -0.25) is 14.3 Å². The van der Waals surface area contributed by atoms with Crippen LogP contribution < -0.4 is 15.6 Å². The number of carbonyl (C=O) groups is 1. The Bertz CT molecular complexity index is 1050. The van der Waals surface area contributed by atoms with Gasteiger partial charge in [0.1, 0.15) is 12.3 Å². The molecular weight excluding hydrogens is 358 g/mol. The van der Waals surface area contributed by atoms with Crippen molar-refractivity contribution in [2.75, 3.05) is 7.11 Å². The van der Waals surface area contributed by atoms with Crippen molar-refractivity contribution in [3.8, 4) is 5.75 Å². The van der Waals surface area contributed by atoms with Crippen LogP contribution in [0.3, 0.4) is 0 Å². The third-order valence-corrected chi connectivity index (χ3v) is 4.72. The number of aryl methyl sites for hydroxylation is 1. The zero-order valence-electron chi connectivity index (χ0n) is 16.8. The van der Waals surface area contributed by atoms with Crippen molar-refractivity contribution >= 4 is 16.8 Å². The smallest absolute Gasteiger partial charge is 0.278 e. The molecule has 148 valence electrons. The second-order valence-electron chi connectivity index (χ2n) is 7.09. The van der Waals surface area contributed by atoms with E-state index >= 15 is 0 Å². The normalized spacial score (nSPS) is 12.4. The average Bonchev–Trinajstić information content (AvgIpc) is 3.01. The van der Waals surface area contributed by atoms with Gasteiger partial charge in [0.25, 0.3) is 5.56 Å². The zero-order valence-corrected chi connectivity index (χ0v) is 16.8. The summed E-state index contributed by atoms with van der Waals surface area (Å²) in [5.74, 6) is 0.562. The first kappa shape index (κ1) is 19.6. The number of fused-ring (bicyclic) bond motifs is 1. The number of hydrogen-bond donors (Lipinski definition) is 1. The summed E-state index contributed by atoms with van der Waals surface area (Å²) < 4.78 is 7.98. The number of nitrogens with one attached hydrogen (secondary N) is 1. The van der Waals surface area contributed by atoms with Crippen LogP contribution in [0.25, 0.3) is 10.9 Å². The molecule has 1 N–H and O–H groups in total. The van der Waals surface area contributed by atoms with Crippen LogP contribution in [0.4, 0.5) is 0 Å². The van der Waals surface area contributed by atoms with E-state index in [4.69, 9.17) is 4.74 Å². The first-order chi connectivity index (χ1) is 13.3. The van der Waals surface area contributed by atoms with Crippen molar-refractivity contribution in [3.05, 3.63) is 52.1 Å². The fourth-order valence-corrected chi connectivity index (χ4v) is 3.15. The maximum absolute atomic E-state index is 12.9. The van der Waals surface area contributed by atoms with Crippen molar-refractivity contribution in [3.63, 3.8) is 0 Å². The Morgan fingerprint density at radius 2 is 1.89 bits per heavy atom. The van der Waals surface area contributed by atoms with E-state index in [9.17, 15) is 9.59 Å². The molecule has 0 aliphatic carbocycles. The number of carbonyl (C=O) groups excluding carboxylic acids is 1. The predicted octanol–water partition coefficient (Wildman–Crippen LogP) is 2.14. The van der Waals surface area contributed by atoms with Gasteiger partial charge in [0.2, 0.25) is 5.91 Å². The molecule has 1 unspecified atom stereocenters. The fourth-order valence-electron chi connectivity index (χ4n) is 3.15. The number of amides is 1. The molecule has 2 heterocycles. The van der Waals surface area contributed by atoms with Crippen LogP contribution in [0.2, 0.25) is 0 Å². The molecule has 0 spiro atoms. The average molecular weight is 383 g/mol. The Morgan fingerprint density at radius 1 is 1.21 bits per heavy atom. The second-order valence-corrected chi connectivity index (χ2v) is 7.09. The number of methoxy groups -OCH3 is 1. The molecule has 0 fully saturated rings. The molecule has 28 heavy (non-hydrogen) atoms. The lowest BCUT2D eigenvalue weighted by Crippen LogP contribution is -2.35. The Kier molecular flexibility index (Phi) is 5.48. The highest BCUT2D eigenvalue weighted by Gasteiger charge is 2.19. The summed E-state index contributed by atoms with van der Waals surface area (Å²) in [7, 11) is 3.39. The van der Waals surface area contributed by atoms with Crippen LogP contribution in [0, 0.1) is 0 Å². The third-order valence-electron chi connectivity index (χ3n) is 4.72. The standard InChI is InChI=1S/C20H25N5O3/c1-12(2)19-18-16(24(4)23-19)10-21-25(20(18)27)11-17(26)22-13(3)14-6-8-15(28-5)9-7-14/h6-10,12-13H,11H2,1-5H3,(H,22,26). The fraction of sp³-hybridized carbons (Fsp3) is 0.400. The topological polar surface area (TPSA) is 91.0 Å². The van der Waals surface area contributed by atoms with Gasteiger partial charge in [-0.25, -0.2) is 4.68 Å². The number of ether oxygens (including phenoxy) is 1. The van der Waals surface area contributed by atoms with Crippen LogP contribution in [-0.2, 0) is 18.4 Å². The molecule has 3 rings (SSSR count). The molecule has 3 aromatic rings. The Labute approximate surface area is 163 Å². The molecule has 8 heteroatoms. The summed E-state index contributed by atoms with van der Waals surface area (Å²) in [6.07, 6.45) is 1.58. The van der Waals surface area contributed by atoms with Crippen LogP contribution in [0.1, 0.15) is 44.0 Å². The van der Waals surface area contributed by atoms with Crippen molar-refractivity contribution in [2.24, 2.45) is 7.05 Å². The van der Waals surface area contributed by atoms with E-state index in [1.807, 2.05) is 45.0 Å². The van der Waals surface area contributed by atoms with E-state index in [0.717, 1.165) is 11.3 Å². The SMILES string of the molecule is COc1ccc(C(C)NC(=O)Cn2ncc3c(c(C(C)C)nn3C)c2=O)cc1. The van der Waals surface area contributed by atoms with Gasteiger partial charge in [0.05, 0.1) is 35.9 Å². The number of benzene rings is 1. The number of nitrogens with zero attached hydrogens (tertiary/aromatic N) is 4. The summed E-state index contributed by atoms with van der Waals surface area (Å²) in [5, 5.41) is 12.0. The van der Waals surface area contributed by atoms with Gasteiger partial charge in [0, 0.05) is 7.05 Å². The van der Waals surface area contributed by atoms with E-state index in [1.54, 1.807) is 25.0 Å². The zero-order chi connectivity index (χ0) is 20.4. The molecule has 1 aromatic carbocycles. The minimum Gasteiger partial charge on any atom is -0.497 e. The molecule has 8 nitrogen and oxygen atoms in total. The van der Waals surface area contributed by atoms with Gasteiger partial charge in [-0.15, -0.1) is 0 Å². The largest absolute Gasteiger partial charge is 0.497 e. The van der Waals surface area contributed by atoms with E-state index in [0.29, 0.717) is 16.6 Å². The maximum atomic E-state index is 12.9. The minimum absolute atomic E-state index is 0.0937. The lowest BCUT2D eigenvalue weighted by molar-refractivity contribution is -0.122. The van der Waals surface area contributed by atoms with Gasteiger partial charge in [0.15, 0.2) is 0 Å². The van der Waals surface area contributed by atoms with Crippen molar-refractivity contribution in [2.45, 2.75) is 39.3 Å². The third kappa shape index (κ3) is 3.76. The van der Waals surface area contributed by atoms with Gasteiger partial charge >= 0.3 is 0 Å². The van der Waals surface area contributed by atoms with Gasteiger partial charge in [-0.1, -0.05) is 26.0 Å². The Hall–Kier alpha value is -3.16. The van der Waals surface area contributed by atoms with E-state index in [1.165, 1.54) is 4.68 Å². The van der Waals surface area contributed by atoms with Crippen molar-refractivity contribution in [1.29, 1.82) is 0 Å². The summed E-state index contributed by atoms with van der Waals surface area (Å²) in [6, 6.07) is 7.26. The summed E-state index contributed by atoms with van der Waals surface area (Å²) in [5.41, 5.74) is 2.02. The first-order valence-electron chi connectivity index (χ1n) is 9.17. The molecule has 1 amide bonds. The second kappa shape index (κ2) is 7.84. The lowest BCUT2D eigenvalue weighted by Gasteiger charge is -2.15. The number of hydrogen-bond acceptors (Lipinski definition) is 5. The quantitative estimate of drug-likeness (QED) is 0.704. The van der Waals surface area contributed by atoms with Crippen LogP contribution in [0.15, 0.2) is 35.3 Å². The van der Waals surface area contributed by atoms with Gasteiger partial charge in [-0.2, -0.15) is 10.2 Å². The molecule has 0 aliphatic rings. The molecule has 0 bridgehead atoms. The van der Waals surface area contributed by atoms with E-state index < -0.39 is 0 Å². The number of aromatic nitrogens is 4. The Balaban J connectivity index is 1.80.